The number of esters is 1. The van der Waals surface area contributed by atoms with Crippen LogP contribution in [-0.4, -0.2) is 37.0 Å². The fourth-order valence-electron chi connectivity index (χ4n) is 1.00. The molecule has 0 aliphatic heterocycles. The number of carbonyl (C=O) groups excluding carboxylic acids is 2. The molecule has 1 atom stereocenters. The summed E-state index contributed by atoms with van der Waals surface area (Å²) < 4.78 is 4.66. The molecular formula is C11H21NO3S. The first-order valence-electron chi connectivity index (χ1n) is 5.20. The van der Waals surface area contributed by atoms with E-state index < -0.39 is 11.5 Å². The number of thioether (sulfide) groups is 1. The number of ether oxygens (including phenoxy) is 1. The molecule has 0 rings (SSSR count). The van der Waals surface area contributed by atoms with Gasteiger partial charge in [0.1, 0.15) is 6.04 Å². The van der Waals surface area contributed by atoms with E-state index in [1.807, 2.05) is 27.0 Å². The predicted molar refractivity (Wildman–Crippen MR) is 66.4 cm³/mol. The first kappa shape index (κ1) is 15.3. The van der Waals surface area contributed by atoms with Crippen LogP contribution >= 0.6 is 11.8 Å². The number of hydrogen-bond donors (Lipinski definition) is 1. The third-order valence-electron chi connectivity index (χ3n) is 2.08. The van der Waals surface area contributed by atoms with Gasteiger partial charge in [-0.3, -0.25) is 4.79 Å². The molecule has 0 aromatic heterocycles. The molecule has 94 valence electrons. The number of carbonyl (C=O) groups is 2. The van der Waals surface area contributed by atoms with Crippen molar-refractivity contribution in [2.75, 3.05) is 19.1 Å². The van der Waals surface area contributed by atoms with Gasteiger partial charge in [-0.25, -0.2) is 4.79 Å². The van der Waals surface area contributed by atoms with Gasteiger partial charge < -0.3 is 10.1 Å². The van der Waals surface area contributed by atoms with Crippen LogP contribution in [0.25, 0.3) is 0 Å². The summed E-state index contributed by atoms with van der Waals surface area (Å²) in [6.07, 6.45) is 2.55. The van der Waals surface area contributed by atoms with E-state index in [4.69, 9.17) is 0 Å². The monoisotopic (exact) mass is 247 g/mol. The van der Waals surface area contributed by atoms with Crippen LogP contribution in [0.4, 0.5) is 0 Å². The average molecular weight is 247 g/mol. The zero-order chi connectivity index (χ0) is 12.8. The lowest BCUT2D eigenvalue weighted by Crippen LogP contribution is -2.46. The topological polar surface area (TPSA) is 55.4 Å². The molecular weight excluding hydrogens is 226 g/mol. The molecule has 0 bridgehead atoms. The second kappa shape index (κ2) is 6.78. The molecule has 0 aromatic carbocycles. The van der Waals surface area contributed by atoms with Crippen LogP contribution in [0.3, 0.4) is 0 Å². The predicted octanol–water partition coefficient (Wildman–Crippen LogP) is 1.44. The zero-order valence-electron chi connectivity index (χ0n) is 10.6. The van der Waals surface area contributed by atoms with Gasteiger partial charge in [0.25, 0.3) is 0 Å². The summed E-state index contributed by atoms with van der Waals surface area (Å²) in [6.45, 7) is 5.43. The summed E-state index contributed by atoms with van der Waals surface area (Å²) in [4.78, 5) is 23.2. The molecule has 0 fully saturated rings. The van der Waals surface area contributed by atoms with Crippen LogP contribution in [-0.2, 0) is 14.3 Å². The highest BCUT2D eigenvalue weighted by molar-refractivity contribution is 7.98. The van der Waals surface area contributed by atoms with Crippen LogP contribution in [0.15, 0.2) is 0 Å². The average Bonchev–Trinajstić information content (AvgIpc) is 2.21. The SMILES string of the molecule is COC(=O)[C@H](CCSC)NC(=O)C(C)(C)C. The highest BCUT2D eigenvalue weighted by atomic mass is 32.2. The Morgan fingerprint density at radius 3 is 2.31 bits per heavy atom. The maximum atomic E-state index is 11.7. The van der Waals surface area contributed by atoms with E-state index in [-0.39, 0.29) is 11.9 Å². The van der Waals surface area contributed by atoms with Crippen molar-refractivity contribution in [2.45, 2.75) is 33.2 Å². The maximum absolute atomic E-state index is 11.7. The van der Waals surface area contributed by atoms with Crippen LogP contribution in [0, 0.1) is 5.41 Å². The fourth-order valence-corrected chi connectivity index (χ4v) is 1.47. The molecule has 1 N–H and O–H groups in total. The van der Waals surface area contributed by atoms with Gasteiger partial charge in [0.05, 0.1) is 7.11 Å². The van der Waals surface area contributed by atoms with E-state index in [1.54, 1.807) is 11.8 Å². The Balaban J connectivity index is 4.42. The van der Waals surface area contributed by atoms with Gasteiger partial charge in [-0.1, -0.05) is 20.8 Å². The molecule has 4 nitrogen and oxygen atoms in total. The second-order valence-electron chi connectivity index (χ2n) is 4.58. The molecule has 0 saturated heterocycles. The summed E-state index contributed by atoms with van der Waals surface area (Å²) in [6, 6.07) is -0.538. The van der Waals surface area contributed by atoms with E-state index in [9.17, 15) is 9.59 Å². The molecule has 5 heteroatoms. The number of amides is 1. The normalized spacial score (nSPS) is 13.1. The third-order valence-corrected chi connectivity index (χ3v) is 2.73. The summed E-state index contributed by atoms with van der Waals surface area (Å²) in [5, 5.41) is 2.72. The van der Waals surface area contributed by atoms with Crippen molar-refractivity contribution in [1.82, 2.24) is 5.32 Å². The van der Waals surface area contributed by atoms with E-state index in [1.165, 1.54) is 7.11 Å². The van der Waals surface area contributed by atoms with Crippen molar-refractivity contribution in [1.29, 1.82) is 0 Å². The van der Waals surface area contributed by atoms with Gasteiger partial charge in [0.2, 0.25) is 5.91 Å². The number of methoxy groups -OCH3 is 1. The Morgan fingerprint density at radius 2 is 1.94 bits per heavy atom. The molecule has 0 aliphatic carbocycles. The minimum atomic E-state index is -0.538. The molecule has 0 spiro atoms. The lowest BCUT2D eigenvalue weighted by molar-refractivity contribution is -0.146. The van der Waals surface area contributed by atoms with Crippen molar-refractivity contribution in [3.8, 4) is 0 Å². The van der Waals surface area contributed by atoms with Gasteiger partial charge in [0.15, 0.2) is 0 Å². The number of nitrogens with one attached hydrogen (secondary N) is 1. The van der Waals surface area contributed by atoms with E-state index >= 15 is 0 Å². The van der Waals surface area contributed by atoms with Gasteiger partial charge in [-0.05, 0) is 18.4 Å². The summed E-state index contributed by atoms with van der Waals surface area (Å²) in [7, 11) is 1.33. The first-order valence-corrected chi connectivity index (χ1v) is 6.60. The van der Waals surface area contributed by atoms with Crippen molar-refractivity contribution in [2.24, 2.45) is 5.41 Å². The Hall–Kier alpha value is -0.710. The van der Waals surface area contributed by atoms with Gasteiger partial charge in [-0.15, -0.1) is 0 Å². The van der Waals surface area contributed by atoms with Gasteiger partial charge in [0, 0.05) is 5.41 Å². The quantitative estimate of drug-likeness (QED) is 0.747. The highest BCUT2D eigenvalue weighted by Gasteiger charge is 2.27. The van der Waals surface area contributed by atoms with Crippen LogP contribution in [0.5, 0.6) is 0 Å². The molecule has 0 saturated carbocycles. The number of rotatable bonds is 5. The number of hydrogen-bond acceptors (Lipinski definition) is 4. The van der Waals surface area contributed by atoms with E-state index in [2.05, 4.69) is 10.1 Å². The standard InChI is InChI=1S/C11H21NO3S/c1-11(2,3)10(14)12-8(6-7-16-5)9(13)15-4/h8H,6-7H2,1-5H3,(H,12,14)/t8-/m0/s1. The second-order valence-corrected chi connectivity index (χ2v) is 5.57. The smallest absolute Gasteiger partial charge is 0.328 e. The molecule has 0 radical (unpaired) electrons. The zero-order valence-corrected chi connectivity index (χ0v) is 11.4. The molecule has 0 aromatic rings. The summed E-state index contributed by atoms with van der Waals surface area (Å²) in [5.74, 6) is 0.292. The minimum Gasteiger partial charge on any atom is -0.467 e. The highest BCUT2D eigenvalue weighted by Crippen LogP contribution is 2.14. The van der Waals surface area contributed by atoms with Crippen LogP contribution in [0.1, 0.15) is 27.2 Å². The Labute approximate surface area is 101 Å². The first-order chi connectivity index (χ1) is 7.32. The van der Waals surface area contributed by atoms with Crippen molar-refractivity contribution in [3.63, 3.8) is 0 Å². The lowest BCUT2D eigenvalue weighted by Gasteiger charge is -2.22. The molecule has 0 heterocycles. The molecule has 0 aliphatic rings. The van der Waals surface area contributed by atoms with E-state index in [0.29, 0.717) is 6.42 Å². The van der Waals surface area contributed by atoms with Gasteiger partial charge >= 0.3 is 5.97 Å². The fraction of sp³-hybridized carbons (Fsp3) is 0.818. The van der Waals surface area contributed by atoms with Crippen molar-refractivity contribution < 1.29 is 14.3 Å². The van der Waals surface area contributed by atoms with Crippen molar-refractivity contribution in [3.05, 3.63) is 0 Å². The summed E-state index contributed by atoms with van der Waals surface area (Å²) in [5.41, 5.74) is -0.494. The summed E-state index contributed by atoms with van der Waals surface area (Å²) >= 11 is 1.63. The third kappa shape index (κ3) is 5.39. The Morgan fingerprint density at radius 1 is 1.38 bits per heavy atom. The maximum Gasteiger partial charge on any atom is 0.328 e. The molecule has 16 heavy (non-hydrogen) atoms. The Bertz CT molecular complexity index is 248. The van der Waals surface area contributed by atoms with E-state index in [0.717, 1.165) is 5.75 Å². The molecule has 1 amide bonds. The Kier molecular flexibility index (Phi) is 6.48. The largest absolute Gasteiger partial charge is 0.467 e. The van der Waals surface area contributed by atoms with Crippen molar-refractivity contribution >= 4 is 23.6 Å². The lowest BCUT2D eigenvalue weighted by atomic mass is 9.95. The van der Waals surface area contributed by atoms with Crippen LogP contribution in [0.2, 0.25) is 0 Å². The van der Waals surface area contributed by atoms with Gasteiger partial charge in [-0.2, -0.15) is 11.8 Å². The van der Waals surface area contributed by atoms with Crippen LogP contribution < -0.4 is 5.32 Å². The minimum absolute atomic E-state index is 0.135. The molecule has 0 unspecified atom stereocenters.